The van der Waals surface area contributed by atoms with Crippen LogP contribution < -0.4 is 4.74 Å². The molecule has 1 unspecified atom stereocenters. The van der Waals surface area contributed by atoms with Crippen LogP contribution in [0.15, 0.2) is 54.6 Å². The maximum Gasteiger partial charge on any atom is 0.172 e. The minimum atomic E-state index is -1.48. The van der Waals surface area contributed by atoms with Crippen LogP contribution in [0.3, 0.4) is 0 Å². The van der Waals surface area contributed by atoms with Gasteiger partial charge in [0.25, 0.3) is 0 Å². The van der Waals surface area contributed by atoms with E-state index in [-0.39, 0.29) is 18.6 Å². The Morgan fingerprint density at radius 1 is 1.00 bits per heavy atom. The highest BCUT2D eigenvalue weighted by Gasteiger charge is 2.60. The predicted molar refractivity (Wildman–Crippen MR) is 84.2 cm³/mol. The first-order valence-corrected chi connectivity index (χ1v) is 7.83. The summed E-state index contributed by atoms with van der Waals surface area (Å²) in [7, 11) is 1.63. The van der Waals surface area contributed by atoms with Gasteiger partial charge in [0.2, 0.25) is 0 Å². The van der Waals surface area contributed by atoms with Gasteiger partial charge >= 0.3 is 0 Å². The topological polar surface area (TPSA) is 27.7 Å². The molecule has 2 aromatic rings. The molecule has 23 heavy (non-hydrogen) atoms. The summed E-state index contributed by atoms with van der Waals surface area (Å²) in [6, 6.07) is 17.2. The van der Waals surface area contributed by atoms with Gasteiger partial charge in [0.15, 0.2) is 5.67 Å². The van der Waals surface area contributed by atoms with E-state index in [1.807, 2.05) is 54.6 Å². The van der Waals surface area contributed by atoms with Crippen molar-refractivity contribution < 1.29 is 18.6 Å². The van der Waals surface area contributed by atoms with E-state index in [9.17, 15) is 0 Å². The van der Waals surface area contributed by atoms with E-state index in [1.54, 1.807) is 7.11 Å². The zero-order valence-electron chi connectivity index (χ0n) is 12.9. The molecular weight excluding hydrogens is 295 g/mol. The minimum Gasteiger partial charge on any atom is -0.497 e. The normalized spacial score (nSPS) is 32.7. The number of rotatable bonds is 3. The van der Waals surface area contributed by atoms with Crippen molar-refractivity contribution in [3.05, 3.63) is 65.7 Å². The first kappa shape index (κ1) is 14.7. The zero-order chi connectivity index (χ0) is 15.9. The molecule has 0 amide bonds. The third-order valence-corrected chi connectivity index (χ3v) is 4.89. The fourth-order valence-corrected chi connectivity index (χ4v) is 3.65. The van der Waals surface area contributed by atoms with Crippen LogP contribution in [0, 0.1) is 5.92 Å². The van der Waals surface area contributed by atoms with E-state index in [1.165, 1.54) is 0 Å². The van der Waals surface area contributed by atoms with E-state index in [2.05, 4.69) is 0 Å². The first-order valence-electron chi connectivity index (χ1n) is 7.83. The average molecular weight is 314 g/mol. The molecule has 0 radical (unpaired) electrons. The SMILES string of the molecule is COc1ccc([C@H]2OC[C@@]3(F)C2CO[C@H]3c2ccccc2)cc1. The molecule has 0 aromatic heterocycles. The standard InChI is InChI=1S/C19H19FO3/c1-21-15-9-7-13(8-10-15)17-16-11-22-18(19(16,20)12-23-17)14-5-3-2-4-6-14/h2-10,16-18H,11-12H2,1H3/t16?,17-,18+,19-/m1/s1. The minimum absolute atomic E-state index is 0.0634. The lowest BCUT2D eigenvalue weighted by atomic mass is 9.82. The number of methoxy groups -OCH3 is 1. The second kappa shape index (κ2) is 5.62. The molecular formula is C19H19FO3. The second-order valence-electron chi connectivity index (χ2n) is 6.16. The lowest BCUT2D eigenvalue weighted by Gasteiger charge is -2.24. The average Bonchev–Trinajstić information content (AvgIpc) is 3.10. The molecule has 2 aliphatic rings. The Kier molecular flexibility index (Phi) is 3.58. The van der Waals surface area contributed by atoms with Crippen molar-refractivity contribution in [1.29, 1.82) is 0 Å². The quantitative estimate of drug-likeness (QED) is 0.861. The summed E-state index contributed by atoms with van der Waals surface area (Å²) < 4.78 is 32.5. The van der Waals surface area contributed by atoms with Crippen LogP contribution in [0.5, 0.6) is 5.75 Å². The second-order valence-corrected chi connectivity index (χ2v) is 6.16. The molecule has 2 aliphatic heterocycles. The molecule has 2 saturated heterocycles. The molecule has 3 nitrogen and oxygen atoms in total. The number of benzene rings is 2. The van der Waals surface area contributed by atoms with Crippen molar-refractivity contribution in [1.82, 2.24) is 0 Å². The molecule has 0 aliphatic carbocycles. The van der Waals surface area contributed by atoms with Crippen LogP contribution in [0.1, 0.15) is 23.3 Å². The van der Waals surface area contributed by atoms with Crippen molar-refractivity contribution in [2.24, 2.45) is 5.92 Å². The van der Waals surface area contributed by atoms with Crippen LogP contribution in [0.2, 0.25) is 0 Å². The van der Waals surface area contributed by atoms with Crippen molar-refractivity contribution in [3.8, 4) is 5.75 Å². The zero-order valence-corrected chi connectivity index (χ0v) is 12.9. The molecule has 4 atom stereocenters. The molecule has 4 rings (SSSR count). The lowest BCUT2D eigenvalue weighted by molar-refractivity contribution is -0.0181. The largest absolute Gasteiger partial charge is 0.497 e. The van der Waals surface area contributed by atoms with Gasteiger partial charge in [-0.25, -0.2) is 4.39 Å². The fourth-order valence-electron chi connectivity index (χ4n) is 3.65. The number of ether oxygens (including phenoxy) is 3. The third kappa shape index (κ3) is 2.33. The number of fused-ring (bicyclic) bond motifs is 1. The Labute approximate surface area is 135 Å². The number of hydrogen-bond donors (Lipinski definition) is 0. The Morgan fingerprint density at radius 3 is 2.43 bits per heavy atom. The van der Waals surface area contributed by atoms with E-state index >= 15 is 4.39 Å². The van der Waals surface area contributed by atoms with Gasteiger partial charge in [0.05, 0.1) is 32.3 Å². The number of alkyl halides is 1. The van der Waals surface area contributed by atoms with Crippen LogP contribution >= 0.6 is 0 Å². The molecule has 0 bridgehead atoms. The van der Waals surface area contributed by atoms with Gasteiger partial charge in [-0.2, -0.15) is 0 Å². The van der Waals surface area contributed by atoms with Crippen LogP contribution in [-0.2, 0) is 9.47 Å². The van der Waals surface area contributed by atoms with E-state index < -0.39 is 11.8 Å². The van der Waals surface area contributed by atoms with Gasteiger partial charge in [0, 0.05) is 0 Å². The van der Waals surface area contributed by atoms with Crippen LogP contribution in [0.25, 0.3) is 0 Å². The highest BCUT2D eigenvalue weighted by atomic mass is 19.1. The van der Waals surface area contributed by atoms with Crippen LogP contribution in [0.4, 0.5) is 4.39 Å². The summed E-state index contributed by atoms with van der Waals surface area (Å²) in [5, 5.41) is 0. The molecule has 120 valence electrons. The Balaban J connectivity index is 1.61. The van der Waals surface area contributed by atoms with Crippen LogP contribution in [-0.4, -0.2) is 26.0 Å². The fraction of sp³-hybridized carbons (Fsp3) is 0.368. The summed E-state index contributed by atoms with van der Waals surface area (Å²) in [6.07, 6.45) is -0.837. The first-order chi connectivity index (χ1) is 11.2. The highest BCUT2D eigenvalue weighted by molar-refractivity contribution is 5.32. The number of halogens is 1. The summed E-state index contributed by atoms with van der Waals surface area (Å²) in [5.41, 5.74) is 0.357. The predicted octanol–water partition coefficient (Wildman–Crippen LogP) is 3.86. The molecule has 0 saturated carbocycles. The van der Waals surface area contributed by atoms with Crippen molar-refractivity contribution >= 4 is 0 Å². The smallest absolute Gasteiger partial charge is 0.172 e. The molecule has 0 spiro atoms. The van der Waals surface area contributed by atoms with Gasteiger partial charge in [0.1, 0.15) is 11.9 Å². The van der Waals surface area contributed by atoms with E-state index in [0.29, 0.717) is 6.61 Å². The Bertz CT molecular complexity index is 673. The Hall–Kier alpha value is -1.91. The lowest BCUT2D eigenvalue weighted by Crippen LogP contribution is -2.34. The molecule has 0 N–H and O–H groups in total. The molecule has 4 heteroatoms. The van der Waals surface area contributed by atoms with Crippen molar-refractivity contribution in [2.75, 3.05) is 20.3 Å². The maximum atomic E-state index is 15.7. The molecule has 2 fully saturated rings. The summed E-state index contributed by atoms with van der Waals surface area (Å²) in [6.45, 7) is 0.431. The molecule has 2 heterocycles. The van der Waals surface area contributed by atoms with Gasteiger partial charge < -0.3 is 14.2 Å². The highest BCUT2D eigenvalue weighted by Crippen LogP contribution is 2.55. The van der Waals surface area contributed by atoms with Gasteiger partial charge in [-0.1, -0.05) is 42.5 Å². The van der Waals surface area contributed by atoms with Crippen molar-refractivity contribution in [2.45, 2.75) is 17.9 Å². The Morgan fingerprint density at radius 2 is 1.74 bits per heavy atom. The summed E-state index contributed by atoms with van der Waals surface area (Å²) in [5.74, 6) is 0.490. The van der Waals surface area contributed by atoms with Gasteiger partial charge in [-0.3, -0.25) is 0 Å². The van der Waals surface area contributed by atoms with Crippen molar-refractivity contribution in [3.63, 3.8) is 0 Å². The van der Waals surface area contributed by atoms with E-state index in [4.69, 9.17) is 14.2 Å². The summed E-state index contributed by atoms with van der Waals surface area (Å²) in [4.78, 5) is 0. The molecule has 2 aromatic carbocycles. The summed E-state index contributed by atoms with van der Waals surface area (Å²) >= 11 is 0. The van der Waals surface area contributed by atoms with Gasteiger partial charge in [-0.15, -0.1) is 0 Å². The van der Waals surface area contributed by atoms with Gasteiger partial charge in [-0.05, 0) is 23.3 Å². The third-order valence-electron chi connectivity index (χ3n) is 4.89. The number of hydrogen-bond acceptors (Lipinski definition) is 3. The monoisotopic (exact) mass is 314 g/mol. The van der Waals surface area contributed by atoms with E-state index in [0.717, 1.165) is 16.9 Å². The maximum absolute atomic E-state index is 15.7.